The first-order valence-electron chi connectivity index (χ1n) is 16.5. The molecular formula is C38H41NO4. The van der Waals surface area contributed by atoms with Gasteiger partial charge >= 0.3 is 11.9 Å². The van der Waals surface area contributed by atoms with Crippen molar-refractivity contribution < 1.29 is 19.1 Å². The second-order valence-electron chi connectivity index (χ2n) is 13.9. The summed E-state index contributed by atoms with van der Waals surface area (Å²) in [5, 5.41) is 0. The van der Waals surface area contributed by atoms with Gasteiger partial charge in [0.1, 0.15) is 11.2 Å². The van der Waals surface area contributed by atoms with Crippen molar-refractivity contribution in [3.05, 3.63) is 83.2 Å². The molecule has 0 unspecified atom stereocenters. The SMILES string of the molecule is CCC[C@@H]1[C@@]2(OC(=O)c3c(CCCN)cccc32)[C@]23C[C@H]4C#CC[C@H]([C@]56C=CC=C[C@H]5CCC6)C/C=C\2OC(=O)[C@]13C=C4. The van der Waals surface area contributed by atoms with Gasteiger partial charge in [0, 0.05) is 23.8 Å². The van der Waals surface area contributed by atoms with Crippen molar-refractivity contribution in [1.29, 1.82) is 0 Å². The quantitative estimate of drug-likeness (QED) is 0.232. The van der Waals surface area contributed by atoms with Crippen LogP contribution in [0.25, 0.3) is 0 Å². The number of nitrogens with two attached hydrogens (primary N) is 1. The molecule has 5 nitrogen and oxygen atoms in total. The van der Waals surface area contributed by atoms with Crippen molar-refractivity contribution in [1.82, 2.24) is 0 Å². The van der Waals surface area contributed by atoms with Crippen LogP contribution in [0.4, 0.5) is 0 Å². The fourth-order valence-electron chi connectivity index (χ4n) is 10.7. The Hall–Kier alpha value is -3.36. The van der Waals surface area contributed by atoms with Gasteiger partial charge in [-0.15, -0.1) is 5.92 Å². The lowest BCUT2D eigenvalue weighted by atomic mass is 9.31. The van der Waals surface area contributed by atoms with Crippen LogP contribution in [0.5, 0.6) is 0 Å². The number of aryl methyl sites for hydroxylation is 1. The smallest absolute Gasteiger partial charge is 0.339 e. The molecule has 43 heavy (non-hydrogen) atoms. The molecule has 3 fully saturated rings. The molecule has 5 aliphatic carbocycles. The molecule has 2 spiro atoms. The molecule has 5 heteroatoms. The van der Waals surface area contributed by atoms with Gasteiger partial charge in [0.05, 0.1) is 11.0 Å². The van der Waals surface area contributed by atoms with E-state index in [4.69, 9.17) is 15.2 Å². The van der Waals surface area contributed by atoms with Gasteiger partial charge in [0.2, 0.25) is 0 Å². The molecule has 2 bridgehead atoms. The van der Waals surface area contributed by atoms with E-state index in [0.717, 1.165) is 56.1 Å². The van der Waals surface area contributed by atoms with Crippen molar-refractivity contribution in [2.45, 2.75) is 76.7 Å². The number of carbonyl (C=O) groups excluding carboxylic acids is 2. The number of hydrogen-bond acceptors (Lipinski definition) is 5. The van der Waals surface area contributed by atoms with Gasteiger partial charge in [-0.1, -0.05) is 80.3 Å². The Labute approximate surface area is 254 Å². The topological polar surface area (TPSA) is 78.6 Å². The molecular weight excluding hydrogens is 534 g/mol. The van der Waals surface area contributed by atoms with Crippen LogP contribution < -0.4 is 5.73 Å². The largest absolute Gasteiger partial charge is 0.449 e. The summed E-state index contributed by atoms with van der Waals surface area (Å²) >= 11 is 0. The maximum atomic E-state index is 14.2. The Morgan fingerprint density at radius 3 is 2.91 bits per heavy atom. The first-order valence-corrected chi connectivity index (χ1v) is 16.5. The number of benzene rings is 1. The number of rotatable bonds is 6. The Morgan fingerprint density at radius 2 is 2.05 bits per heavy atom. The minimum Gasteiger partial charge on any atom is -0.449 e. The third-order valence-electron chi connectivity index (χ3n) is 12.4. The highest BCUT2D eigenvalue weighted by Crippen LogP contribution is 2.84. The van der Waals surface area contributed by atoms with E-state index in [1.165, 1.54) is 12.8 Å². The molecule has 2 N–H and O–H groups in total. The third kappa shape index (κ3) is 3.18. The number of fused-ring (bicyclic) bond motifs is 4. The summed E-state index contributed by atoms with van der Waals surface area (Å²) in [6.45, 7) is 2.70. The van der Waals surface area contributed by atoms with Crippen LogP contribution in [0.15, 0.2) is 66.5 Å². The van der Waals surface area contributed by atoms with Gasteiger partial charge in [-0.3, -0.25) is 4.79 Å². The van der Waals surface area contributed by atoms with Gasteiger partial charge in [-0.25, -0.2) is 4.79 Å². The second-order valence-corrected chi connectivity index (χ2v) is 13.9. The summed E-state index contributed by atoms with van der Waals surface area (Å²) in [5.74, 6) is 8.07. The molecule has 1 saturated heterocycles. The number of allylic oxidation sites excluding steroid dienone is 6. The van der Waals surface area contributed by atoms with Crippen LogP contribution in [0.2, 0.25) is 0 Å². The highest BCUT2D eigenvalue weighted by molar-refractivity contribution is 5.99. The maximum Gasteiger partial charge on any atom is 0.339 e. The van der Waals surface area contributed by atoms with E-state index in [2.05, 4.69) is 67.4 Å². The van der Waals surface area contributed by atoms with Crippen LogP contribution in [0.3, 0.4) is 0 Å². The molecule has 0 aromatic heterocycles. The molecule has 0 radical (unpaired) electrons. The molecule has 2 aliphatic heterocycles. The zero-order chi connectivity index (χ0) is 29.5. The highest BCUT2D eigenvalue weighted by Gasteiger charge is 2.91. The van der Waals surface area contributed by atoms with E-state index in [9.17, 15) is 9.59 Å². The Balaban J connectivity index is 1.32. The first kappa shape index (κ1) is 27.2. The van der Waals surface area contributed by atoms with Gasteiger partial charge in [0.15, 0.2) is 5.60 Å². The summed E-state index contributed by atoms with van der Waals surface area (Å²) in [6.07, 6.45) is 24.6. The number of hydrogen-bond donors (Lipinski definition) is 1. The van der Waals surface area contributed by atoms with Crippen LogP contribution in [-0.4, -0.2) is 18.5 Å². The third-order valence-corrected chi connectivity index (χ3v) is 12.4. The minimum absolute atomic E-state index is 0.0499. The van der Waals surface area contributed by atoms with Crippen molar-refractivity contribution in [3.63, 3.8) is 0 Å². The molecule has 2 heterocycles. The zero-order valence-electron chi connectivity index (χ0n) is 25.1. The molecule has 7 aliphatic rings. The Bertz CT molecular complexity index is 1590. The van der Waals surface area contributed by atoms with E-state index in [0.29, 0.717) is 36.1 Å². The second kappa shape index (κ2) is 9.57. The van der Waals surface area contributed by atoms with Crippen LogP contribution in [0.1, 0.15) is 86.2 Å². The lowest BCUT2D eigenvalue weighted by Gasteiger charge is -2.69. The Morgan fingerprint density at radius 1 is 1.14 bits per heavy atom. The molecule has 0 amide bonds. The first-order chi connectivity index (χ1) is 21.0. The normalized spacial score (nSPS) is 42.1. The average molecular weight is 576 g/mol. The lowest BCUT2D eigenvalue weighted by molar-refractivity contribution is -0.272. The number of ether oxygens (including phenoxy) is 2. The number of esters is 2. The van der Waals surface area contributed by atoms with Gasteiger partial charge in [0.25, 0.3) is 0 Å². The summed E-state index contributed by atoms with van der Waals surface area (Å²) in [5.41, 5.74) is 5.89. The summed E-state index contributed by atoms with van der Waals surface area (Å²) in [6, 6.07) is 6.15. The van der Waals surface area contributed by atoms with Gasteiger partial charge < -0.3 is 15.2 Å². The molecule has 8 atom stereocenters. The molecule has 1 aromatic rings. The van der Waals surface area contributed by atoms with Crippen molar-refractivity contribution >= 4 is 11.9 Å². The monoisotopic (exact) mass is 575 g/mol. The number of carbonyl (C=O) groups is 2. The fourth-order valence-corrected chi connectivity index (χ4v) is 10.7. The maximum absolute atomic E-state index is 14.2. The van der Waals surface area contributed by atoms with E-state index in [1.807, 2.05) is 12.1 Å². The fraction of sp³-hybridized carbons (Fsp3) is 0.526. The van der Waals surface area contributed by atoms with Crippen molar-refractivity contribution in [2.75, 3.05) is 6.54 Å². The van der Waals surface area contributed by atoms with E-state index < -0.39 is 16.4 Å². The predicted molar refractivity (Wildman–Crippen MR) is 164 cm³/mol. The van der Waals surface area contributed by atoms with Gasteiger partial charge in [-0.2, -0.15) is 0 Å². The summed E-state index contributed by atoms with van der Waals surface area (Å²) < 4.78 is 13.2. The van der Waals surface area contributed by atoms with Crippen LogP contribution >= 0.6 is 0 Å². The lowest BCUT2D eigenvalue weighted by Crippen LogP contribution is -2.75. The average Bonchev–Trinajstić information content (AvgIpc) is 3.66. The Kier molecular flexibility index (Phi) is 6.05. The zero-order valence-corrected chi connectivity index (χ0v) is 25.1. The predicted octanol–water partition coefficient (Wildman–Crippen LogP) is 6.69. The minimum atomic E-state index is -0.965. The van der Waals surface area contributed by atoms with E-state index >= 15 is 0 Å². The van der Waals surface area contributed by atoms with Crippen LogP contribution in [0, 0.1) is 51.8 Å². The van der Waals surface area contributed by atoms with E-state index in [1.54, 1.807) is 0 Å². The van der Waals surface area contributed by atoms with Gasteiger partial charge in [-0.05, 0) is 80.4 Å². The van der Waals surface area contributed by atoms with Crippen LogP contribution in [-0.2, 0) is 26.3 Å². The summed E-state index contributed by atoms with van der Waals surface area (Å²) in [4.78, 5) is 28.2. The molecule has 222 valence electrons. The van der Waals surface area contributed by atoms with Crippen molar-refractivity contribution in [2.24, 2.45) is 45.7 Å². The van der Waals surface area contributed by atoms with Crippen molar-refractivity contribution in [3.8, 4) is 11.8 Å². The highest BCUT2D eigenvalue weighted by atomic mass is 16.6. The molecule has 8 rings (SSSR count). The summed E-state index contributed by atoms with van der Waals surface area (Å²) in [7, 11) is 0. The van der Waals surface area contributed by atoms with E-state index in [-0.39, 0.29) is 29.2 Å². The standard InChI is InChI=1S/C38H41NO4/c1-2-9-30-36-22-19-25-10-5-14-28(35-20-4-3-13-27(35)15-7-21-35)17-18-31(42-34(36)41)37(36,24-25)38(30)29-16-6-11-26(12-8-23-39)32(29)33(40)43-38/h3-4,6,11,13,16,18-20,22,25,27-28,30H,2,7-9,12,14-15,17,21,23-24,39H2,1H3/b31-18+/t25-,27-,28-,30-,35-,36-,37+,38+/m0/s1. The molecule has 1 aromatic carbocycles. The molecule has 2 saturated carbocycles.